The second-order valence-corrected chi connectivity index (χ2v) is 6.61. The predicted molar refractivity (Wildman–Crippen MR) is 72.3 cm³/mol. The topological polar surface area (TPSA) is 87.7 Å². The van der Waals surface area contributed by atoms with Gasteiger partial charge in [-0.25, -0.2) is 13.1 Å². The normalized spacial score (nSPS) is 20.5. The summed E-state index contributed by atoms with van der Waals surface area (Å²) in [5.74, 6) is -0.199. The van der Waals surface area contributed by atoms with E-state index in [0.29, 0.717) is 26.1 Å². The van der Waals surface area contributed by atoms with E-state index in [1.54, 1.807) is 4.90 Å². The molecule has 1 amide bonds. The molecule has 7 nitrogen and oxygen atoms in total. The van der Waals surface area contributed by atoms with Gasteiger partial charge in [0.1, 0.15) is 0 Å². The Labute approximate surface area is 114 Å². The van der Waals surface area contributed by atoms with Crippen molar-refractivity contribution in [3.8, 4) is 0 Å². The van der Waals surface area contributed by atoms with E-state index in [1.165, 1.54) is 7.11 Å². The molecule has 0 spiro atoms. The molecule has 0 bridgehead atoms. The highest BCUT2D eigenvalue weighted by Gasteiger charge is 2.21. The van der Waals surface area contributed by atoms with Crippen LogP contribution in [0.15, 0.2) is 0 Å². The molecule has 1 atom stereocenters. The Hall–Kier alpha value is -0.700. The van der Waals surface area contributed by atoms with Crippen LogP contribution in [0.3, 0.4) is 0 Å². The number of sulfonamides is 1. The average molecular weight is 293 g/mol. The molecular formula is C11H23N3O4S. The number of methoxy groups -OCH3 is 1. The van der Waals surface area contributed by atoms with E-state index in [0.717, 1.165) is 6.54 Å². The van der Waals surface area contributed by atoms with Crippen LogP contribution in [-0.4, -0.2) is 70.9 Å². The van der Waals surface area contributed by atoms with Crippen LogP contribution in [0.2, 0.25) is 0 Å². The van der Waals surface area contributed by atoms with E-state index in [-0.39, 0.29) is 24.2 Å². The second kappa shape index (κ2) is 7.78. The molecule has 0 saturated carbocycles. The Morgan fingerprint density at radius 1 is 1.53 bits per heavy atom. The van der Waals surface area contributed by atoms with Crippen LogP contribution in [0.25, 0.3) is 0 Å². The lowest BCUT2D eigenvalue weighted by atomic mass is 10.2. The molecule has 2 N–H and O–H groups in total. The molecule has 0 aromatic rings. The van der Waals surface area contributed by atoms with Gasteiger partial charge in [-0.15, -0.1) is 0 Å². The minimum Gasteiger partial charge on any atom is -0.385 e. The first kappa shape index (κ1) is 16.4. The number of nitrogens with zero attached hydrogens (tertiary/aromatic N) is 1. The van der Waals surface area contributed by atoms with Crippen molar-refractivity contribution in [1.82, 2.24) is 14.9 Å². The Bertz CT molecular complexity index is 385. The number of nitrogens with one attached hydrogen (secondary N) is 2. The fourth-order valence-electron chi connectivity index (χ4n) is 1.91. The summed E-state index contributed by atoms with van der Waals surface area (Å²) in [6, 6.07) is 0.246. The zero-order chi connectivity index (χ0) is 14.3. The molecule has 19 heavy (non-hydrogen) atoms. The highest BCUT2D eigenvalue weighted by molar-refractivity contribution is 7.89. The standard InChI is InChI=1S/C11H23N3O4S/c1-10-9-14(5-4-12-10)11(15)8-13-19(16,17)7-3-6-18-2/h10,12-13H,3-9H2,1-2H3/t10-/m1/s1. The van der Waals surface area contributed by atoms with E-state index >= 15 is 0 Å². The molecule has 0 radical (unpaired) electrons. The van der Waals surface area contributed by atoms with Crippen LogP contribution < -0.4 is 10.0 Å². The summed E-state index contributed by atoms with van der Waals surface area (Å²) in [7, 11) is -1.87. The molecule has 1 heterocycles. The third-order valence-corrected chi connectivity index (χ3v) is 4.34. The summed E-state index contributed by atoms with van der Waals surface area (Å²) >= 11 is 0. The molecule has 0 aromatic carbocycles. The third kappa shape index (κ3) is 6.33. The van der Waals surface area contributed by atoms with E-state index in [2.05, 4.69) is 10.0 Å². The van der Waals surface area contributed by atoms with Crippen LogP contribution >= 0.6 is 0 Å². The van der Waals surface area contributed by atoms with Crippen molar-refractivity contribution in [3.63, 3.8) is 0 Å². The van der Waals surface area contributed by atoms with Crippen LogP contribution in [0.4, 0.5) is 0 Å². The van der Waals surface area contributed by atoms with Gasteiger partial charge in [0.15, 0.2) is 0 Å². The molecule has 0 aliphatic carbocycles. The molecule has 112 valence electrons. The van der Waals surface area contributed by atoms with Crippen molar-refractivity contribution >= 4 is 15.9 Å². The molecule has 1 aliphatic rings. The van der Waals surface area contributed by atoms with Gasteiger partial charge in [0.25, 0.3) is 0 Å². The molecule has 1 rings (SSSR count). The lowest BCUT2D eigenvalue weighted by Crippen LogP contribution is -2.53. The van der Waals surface area contributed by atoms with Gasteiger partial charge in [0.05, 0.1) is 12.3 Å². The Kier molecular flexibility index (Phi) is 6.70. The van der Waals surface area contributed by atoms with Crippen molar-refractivity contribution < 1.29 is 17.9 Å². The summed E-state index contributed by atoms with van der Waals surface area (Å²) in [5.41, 5.74) is 0. The van der Waals surface area contributed by atoms with Crippen molar-refractivity contribution in [2.45, 2.75) is 19.4 Å². The number of piperazine rings is 1. The van der Waals surface area contributed by atoms with Crippen molar-refractivity contribution in [1.29, 1.82) is 0 Å². The van der Waals surface area contributed by atoms with Gasteiger partial charge >= 0.3 is 0 Å². The van der Waals surface area contributed by atoms with E-state index in [9.17, 15) is 13.2 Å². The third-order valence-electron chi connectivity index (χ3n) is 2.93. The van der Waals surface area contributed by atoms with Crippen LogP contribution in [0.5, 0.6) is 0 Å². The fraction of sp³-hybridized carbons (Fsp3) is 0.909. The van der Waals surface area contributed by atoms with Gasteiger partial charge in [0.2, 0.25) is 15.9 Å². The first-order valence-corrected chi connectivity index (χ1v) is 8.07. The second-order valence-electron chi connectivity index (χ2n) is 4.68. The minimum atomic E-state index is -3.39. The van der Waals surface area contributed by atoms with E-state index in [4.69, 9.17) is 4.74 Å². The maximum absolute atomic E-state index is 11.9. The molecule has 0 unspecified atom stereocenters. The zero-order valence-electron chi connectivity index (χ0n) is 11.5. The minimum absolute atomic E-state index is 0.0217. The molecule has 1 fully saturated rings. The number of ether oxygens (including phenoxy) is 1. The number of hydrogen-bond donors (Lipinski definition) is 2. The molecular weight excluding hydrogens is 270 g/mol. The average Bonchev–Trinajstić information content (AvgIpc) is 2.36. The Balaban J connectivity index is 2.32. The van der Waals surface area contributed by atoms with E-state index in [1.807, 2.05) is 6.92 Å². The molecule has 0 aromatic heterocycles. The maximum atomic E-state index is 11.9. The molecule has 1 saturated heterocycles. The number of amides is 1. The van der Waals surface area contributed by atoms with Gasteiger partial charge in [-0.2, -0.15) is 0 Å². The predicted octanol–water partition coefficient (Wildman–Crippen LogP) is -1.24. The van der Waals surface area contributed by atoms with Gasteiger partial charge in [-0.1, -0.05) is 0 Å². The maximum Gasteiger partial charge on any atom is 0.237 e. The summed E-state index contributed by atoms with van der Waals surface area (Å²) in [4.78, 5) is 13.5. The zero-order valence-corrected chi connectivity index (χ0v) is 12.3. The number of rotatable bonds is 7. The van der Waals surface area contributed by atoms with Crippen LogP contribution in [0.1, 0.15) is 13.3 Å². The van der Waals surface area contributed by atoms with Crippen LogP contribution in [0, 0.1) is 0 Å². The van der Waals surface area contributed by atoms with Gasteiger partial charge in [0, 0.05) is 39.4 Å². The van der Waals surface area contributed by atoms with Crippen molar-refractivity contribution in [3.05, 3.63) is 0 Å². The van der Waals surface area contributed by atoms with Crippen LogP contribution in [-0.2, 0) is 19.6 Å². The summed E-state index contributed by atoms with van der Waals surface area (Å²) < 4.78 is 30.3. The largest absolute Gasteiger partial charge is 0.385 e. The fourth-order valence-corrected chi connectivity index (χ4v) is 2.89. The quantitative estimate of drug-likeness (QED) is 0.574. The SMILES string of the molecule is COCCCS(=O)(=O)NCC(=O)N1CCN[C@H](C)C1. The molecule has 1 aliphatic heterocycles. The smallest absolute Gasteiger partial charge is 0.237 e. The van der Waals surface area contributed by atoms with Gasteiger partial charge in [-0.3, -0.25) is 4.79 Å². The van der Waals surface area contributed by atoms with Crippen molar-refractivity contribution in [2.24, 2.45) is 0 Å². The highest BCUT2D eigenvalue weighted by atomic mass is 32.2. The Morgan fingerprint density at radius 2 is 2.26 bits per heavy atom. The summed E-state index contributed by atoms with van der Waals surface area (Å²) in [5, 5.41) is 3.23. The first-order chi connectivity index (χ1) is 8.94. The highest BCUT2D eigenvalue weighted by Crippen LogP contribution is 1.99. The monoisotopic (exact) mass is 293 g/mol. The molecule has 8 heteroatoms. The van der Waals surface area contributed by atoms with Gasteiger partial charge in [-0.05, 0) is 13.3 Å². The Morgan fingerprint density at radius 3 is 2.89 bits per heavy atom. The number of carbonyl (C=O) groups excluding carboxylic acids is 1. The number of hydrogen-bond acceptors (Lipinski definition) is 5. The van der Waals surface area contributed by atoms with Crippen molar-refractivity contribution in [2.75, 3.05) is 45.6 Å². The lowest BCUT2D eigenvalue weighted by Gasteiger charge is -2.31. The first-order valence-electron chi connectivity index (χ1n) is 6.42. The van der Waals surface area contributed by atoms with E-state index < -0.39 is 10.0 Å². The summed E-state index contributed by atoms with van der Waals surface area (Å²) in [6.45, 7) is 4.20. The summed E-state index contributed by atoms with van der Waals surface area (Å²) in [6.07, 6.45) is 0.421. The number of carbonyl (C=O) groups is 1. The van der Waals surface area contributed by atoms with Gasteiger partial charge < -0.3 is 15.0 Å². The lowest BCUT2D eigenvalue weighted by molar-refractivity contribution is -0.131.